The summed E-state index contributed by atoms with van der Waals surface area (Å²) < 4.78 is 57.6. The van der Waals surface area contributed by atoms with E-state index in [0.717, 1.165) is 5.38 Å². The van der Waals surface area contributed by atoms with E-state index in [1.165, 1.54) is 6.92 Å². The van der Waals surface area contributed by atoms with Gasteiger partial charge in [-0.25, -0.2) is 8.42 Å². The fourth-order valence-electron chi connectivity index (χ4n) is 1.14. The fourth-order valence-corrected chi connectivity index (χ4v) is 3.69. The fraction of sp³-hybridized carbons (Fsp3) is 0.375. The van der Waals surface area contributed by atoms with Crippen LogP contribution in [0.3, 0.4) is 0 Å². The van der Waals surface area contributed by atoms with E-state index in [1.54, 1.807) is 5.32 Å². The Balaban J connectivity index is 2.93. The van der Waals surface area contributed by atoms with Crippen LogP contribution in [0.25, 0.3) is 0 Å². The van der Waals surface area contributed by atoms with Crippen LogP contribution in [0.5, 0.6) is 0 Å². The molecule has 0 fully saturated rings. The third-order valence-corrected chi connectivity index (χ3v) is 5.22. The van der Waals surface area contributed by atoms with Gasteiger partial charge in [-0.05, 0) is 12.5 Å². The molecule has 0 aliphatic heterocycles. The standard InChI is InChI=1S/C8H7ClF3NO3S2/c1-4-5(2-17-7(4)18(9,15)16)6(14)13-3-8(10,11)12/h2H,3H2,1H3,(H,13,14). The van der Waals surface area contributed by atoms with Crippen LogP contribution in [-0.4, -0.2) is 27.0 Å². The summed E-state index contributed by atoms with van der Waals surface area (Å²) in [6.07, 6.45) is -4.53. The van der Waals surface area contributed by atoms with Crippen LogP contribution in [0.1, 0.15) is 15.9 Å². The Morgan fingerprint density at radius 3 is 2.44 bits per heavy atom. The molecule has 0 atom stereocenters. The highest BCUT2D eigenvalue weighted by molar-refractivity contribution is 8.15. The van der Waals surface area contributed by atoms with Gasteiger partial charge < -0.3 is 5.32 Å². The van der Waals surface area contributed by atoms with Crippen molar-refractivity contribution in [2.45, 2.75) is 17.3 Å². The molecule has 0 spiro atoms. The second-order valence-corrected chi connectivity index (χ2v) is 6.94. The van der Waals surface area contributed by atoms with Gasteiger partial charge in [0.2, 0.25) is 0 Å². The molecule has 0 saturated carbocycles. The smallest absolute Gasteiger partial charge is 0.343 e. The lowest BCUT2D eigenvalue weighted by molar-refractivity contribution is -0.123. The molecule has 4 nitrogen and oxygen atoms in total. The number of carbonyl (C=O) groups excluding carboxylic acids is 1. The molecule has 1 heterocycles. The van der Waals surface area contributed by atoms with Crippen molar-refractivity contribution in [3.8, 4) is 0 Å². The minimum Gasteiger partial charge on any atom is -0.343 e. The monoisotopic (exact) mass is 321 g/mol. The molecule has 0 aromatic carbocycles. The summed E-state index contributed by atoms with van der Waals surface area (Å²) in [5, 5.41) is 2.80. The minimum atomic E-state index is -4.53. The molecular formula is C8H7ClF3NO3S2. The average Bonchev–Trinajstić information content (AvgIpc) is 2.54. The lowest BCUT2D eigenvalue weighted by Crippen LogP contribution is -2.33. The molecule has 0 bridgehead atoms. The number of thiophene rings is 1. The van der Waals surface area contributed by atoms with Gasteiger partial charge in [0, 0.05) is 16.1 Å². The van der Waals surface area contributed by atoms with E-state index >= 15 is 0 Å². The summed E-state index contributed by atoms with van der Waals surface area (Å²) in [6.45, 7) is -0.182. The van der Waals surface area contributed by atoms with E-state index in [0.29, 0.717) is 11.3 Å². The van der Waals surface area contributed by atoms with E-state index in [2.05, 4.69) is 0 Å². The Kier molecular flexibility index (Phi) is 4.29. The van der Waals surface area contributed by atoms with Crippen molar-refractivity contribution in [1.82, 2.24) is 5.32 Å². The van der Waals surface area contributed by atoms with E-state index in [-0.39, 0.29) is 15.3 Å². The lowest BCUT2D eigenvalue weighted by atomic mass is 10.2. The van der Waals surface area contributed by atoms with E-state index in [1.807, 2.05) is 0 Å². The molecule has 1 amide bonds. The van der Waals surface area contributed by atoms with Gasteiger partial charge in [-0.1, -0.05) is 0 Å². The van der Waals surface area contributed by atoms with Gasteiger partial charge in [0.05, 0.1) is 5.56 Å². The van der Waals surface area contributed by atoms with Crippen molar-refractivity contribution in [2.75, 3.05) is 6.54 Å². The maximum Gasteiger partial charge on any atom is 0.405 e. The van der Waals surface area contributed by atoms with Gasteiger partial charge in [0.1, 0.15) is 10.8 Å². The quantitative estimate of drug-likeness (QED) is 0.869. The molecule has 18 heavy (non-hydrogen) atoms. The summed E-state index contributed by atoms with van der Waals surface area (Å²) in [5.41, 5.74) is -0.0989. The molecule has 0 unspecified atom stereocenters. The van der Waals surface area contributed by atoms with Gasteiger partial charge in [-0.2, -0.15) is 13.2 Å². The summed E-state index contributed by atoms with van der Waals surface area (Å²) in [7, 11) is 1.10. The third-order valence-electron chi connectivity index (χ3n) is 1.91. The molecule has 0 aliphatic carbocycles. The van der Waals surface area contributed by atoms with Gasteiger partial charge in [-0.3, -0.25) is 4.79 Å². The molecule has 1 N–H and O–H groups in total. The Labute approximate surface area is 109 Å². The van der Waals surface area contributed by atoms with E-state index in [9.17, 15) is 26.4 Å². The Morgan fingerprint density at radius 2 is 2.06 bits per heavy atom. The first-order valence-electron chi connectivity index (χ1n) is 4.40. The number of hydrogen-bond acceptors (Lipinski definition) is 4. The predicted molar refractivity (Wildman–Crippen MR) is 60.5 cm³/mol. The number of rotatable bonds is 3. The first-order chi connectivity index (χ1) is 8.02. The molecule has 0 aliphatic rings. The van der Waals surface area contributed by atoms with Crippen molar-refractivity contribution in [3.05, 3.63) is 16.5 Å². The van der Waals surface area contributed by atoms with Crippen LogP contribution >= 0.6 is 22.0 Å². The van der Waals surface area contributed by atoms with Gasteiger partial charge >= 0.3 is 6.18 Å². The number of alkyl halides is 3. The highest BCUT2D eigenvalue weighted by atomic mass is 35.7. The first kappa shape index (κ1) is 15.3. The van der Waals surface area contributed by atoms with Gasteiger partial charge in [-0.15, -0.1) is 11.3 Å². The zero-order chi connectivity index (χ0) is 14.1. The van der Waals surface area contributed by atoms with Crippen molar-refractivity contribution in [3.63, 3.8) is 0 Å². The second kappa shape index (κ2) is 5.06. The summed E-state index contributed by atoms with van der Waals surface area (Å²) >= 11 is 0.683. The Morgan fingerprint density at radius 1 is 1.50 bits per heavy atom. The zero-order valence-corrected chi connectivity index (χ0v) is 11.2. The van der Waals surface area contributed by atoms with Crippen LogP contribution in [0.2, 0.25) is 0 Å². The van der Waals surface area contributed by atoms with Crippen molar-refractivity contribution in [2.24, 2.45) is 0 Å². The second-order valence-electron chi connectivity index (χ2n) is 3.30. The molecule has 102 valence electrons. The van der Waals surface area contributed by atoms with E-state index < -0.39 is 27.7 Å². The normalized spacial score (nSPS) is 12.5. The van der Waals surface area contributed by atoms with E-state index in [4.69, 9.17) is 10.7 Å². The predicted octanol–water partition coefficient (Wildman–Crippen LogP) is 2.28. The molecular weight excluding hydrogens is 315 g/mol. The number of nitrogens with one attached hydrogen (secondary N) is 1. The Hall–Kier alpha value is -0.800. The minimum absolute atomic E-state index is 0.0367. The van der Waals surface area contributed by atoms with Crippen LogP contribution in [0, 0.1) is 6.92 Å². The maximum absolute atomic E-state index is 11.9. The molecule has 1 aromatic rings. The number of hydrogen-bond donors (Lipinski definition) is 1. The SMILES string of the molecule is Cc1c(C(=O)NCC(F)(F)F)csc1S(=O)(=O)Cl. The van der Waals surface area contributed by atoms with Crippen LogP contribution < -0.4 is 5.32 Å². The van der Waals surface area contributed by atoms with Crippen LogP contribution in [0.15, 0.2) is 9.59 Å². The van der Waals surface area contributed by atoms with Crippen LogP contribution in [-0.2, 0) is 9.05 Å². The Bertz CT molecular complexity index is 565. The summed E-state index contributed by atoms with van der Waals surface area (Å²) in [5.74, 6) is -0.993. The van der Waals surface area contributed by atoms with Gasteiger partial charge in [0.15, 0.2) is 0 Å². The number of halogens is 4. The number of carbonyl (C=O) groups is 1. The number of amides is 1. The zero-order valence-electron chi connectivity index (χ0n) is 8.84. The average molecular weight is 322 g/mol. The maximum atomic E-state index is 11.9. The third kappa shape index (κ3) is 3.85. The largest absolute Gasteiger partial charge is 0.405 e. The van der Waals surface area contributed by atoms with Crippen LogP contribution in [0.4, 0.5) is 13.2 Å². The molecule has 0 radical (unpaired) electrons. The highest BCUT2D eigenvalue weighted by Crippen LogP contribution is 2.29. The highest BCUT2D eigenvalue weighted by Gasteiger charge is 2.29. The van der Waals surface area contributed by atoms with Crippen molar-refractivity contribution >= 4 is 37.0 Å². The van der Waals surface area contributed by atoms with Crippen molar-refractivity contribution in [1.29, 1.82) is 0 Å². The topological polar surface area (TPSA) is 63.2 Å². The molecule has 0 saturated heterocycles. The molecule has 1 rings (SSSR count). The summed E-state index contributed by atoms with van der Waals surface area (Å²) in [4.78, 5) is 11.4. The molecule has 10 heteroatoms. The molecule has 1 aromatic heterocycles. The first-order valence-corrected chi connectivity index (χ1v) is 7.59. The lowest BCUT2D eigenvalue weighted by Gasteiger charge is -2.07. The van der Waals surface area contributed by atoms with Crippen molar-refractivity contribution < 1.29 is 26.4 Å². The van der Waals surface area contributed by atoms with Gasteiger partial charge in [0.25, 0.3) is 15.0 Å². The summed E-state index contributed by atoms with van der Waals surface area (Å²) in [6, 6.07) is 0.